The van der Waals surface area contributed by atoms with E-state index in [9.17, 15) is 8.42 Å². The highest BCUT2D eigenvalue weighted by Crippen LogP contribution is 2.17. The van der Waals surface area contributed by atoms with Gasteiger partial charge in [-0.05, 0) is 54.2 Å². The molecule has 0 aliphatic heterocycles. The average Bonchev–Trinajstić information content (AvgIpc) is 2.69. The molecule has 1 aromatic heterocycles. The van der Waals surface area contributed by atoms with Crippen molar-refractivity contribution in [3.8, 4) is 0 Å². The van der Waals surface area contributed by atoms with E-state index in [0.29, 0.717) is 17.3 Å². The van der Waals surface area contributed by atoms with Gasteiger partial charge in [0.15, 0.2) is 16.1 Å². The Morgan fingerprint density at radius 1 is 0.964 bits per heavy atom. The number of nitrogens with one attached hydrogen (secondary N) is 3. The van der Waals surface area contributed by atoms with Crippen molar-refractivity contribution in [2.75, 3.05) is 10.0 Å². The van der Waals surface area contributed by atoms with Gasteiger partial charge < -0.3 is 10.6 Å². The van der Waals surface area contributed by atoms with Crippen LogP contribution in [0.1, 0.15) is 5.56 Å². The summed E-state index contributed by atoms with van der Waals surface area (Å²) in [7, 11) is -3.79. The van der Waals surface area contributed by atoms with Crippen molar-refractivity contribution >= 4 is 50.5 Å². The Labute approximate surface area is 173 Å². The predicted molar refractivity (Wildman–Crippen MR) is 114 cm³/mol. The zero-order chi connectivity index (χ0) is 20.0. The van der Waals surface area contributed by atoms with Crippen LogP contribution in [0.3, 0.4) is 0 Å². The van der Waals surface area contributed by atoms with Crippen molar-refractivity contribution in [2.45, 2.75) is 11.4 Å². The number of anilines is 2. The van der Waals surface area contributed by atoms with Gasteiger partial charge in [0.25, 0.3) is 10.0 Å². The minimum absolute atomic E-state index is 0.0814. The van der Waals surface area contributed by atoms with E-state index < -0.39 is 10.0 Å². The maximum absolute atomic E-state index is 12.4. The van der Waals surface area contributed by atoms with Crippen molar-refractivity contribution in [2.24, 2.45) is 0 Å². The van der Waals surface area contributed by atoms with Crippen LogP contribution >= 0.6 is 23.8 Å². The number of nitrogens with zero attached hydrogens (tertiary/aromatic N) is 2. The molecule has 0 spiro atoms. The number of hydrogen-bond donors (Lipinski definition) is 3. The van der Waals surface area contributed by atoms with Gasteiger partial charge in [0.05, 0.1) is 4.90 Å². The van der Waals surface area contributed by atoms with Crippen LogP contribution in [0.25, 0.3) is 0 Å². The molecule has 28 heavy (non-hydrogen) atoms. The second-order valence-electron chi connectivity index (χ2n) is 5.66. The highest BCUT2D eigenvalue weighted by molar-refractivity contribution is 7.92. The van der Waals surface area contributed by atoms with Gasteiger partial charge in [-0.25, -0.2) is 8.42 Å². The van der Waals surface area contributed by atoms with E-state index in [1.165, 1.54) is 24.3 Å². The first-order valence-corrected chi connectivity index (χ1v) is 10.4. The van der Waals surface area contributed by atoms with Crippen molar-refractivity contribution < 1.29 is 8.42 Å². The zero-order valence-electron chi connectivity index (χ0n) is 14.5. The normalized spacial score (nSPS) is 10.9. The van der Waals surface area contributed by atoms with Crippen LogP contribution in [0.2, 0.25) is 5.15 Å². The summed E-state index contributed by atoms with van der Waals surface area (Å²) < 4.78 is 27.2. The van der Waals surface area contributed by atoms with E-state index in [-0.39, 0.29) is 15.9 Å². The van der Waals surface area contributed by atoms with Crippen molar-refractivity contribution in [1.29, 1.82) is 0 Å². The first-order chi connectivity index (χ1) is 13.4. The Hall–Kier alpha value is -2.75. The third-order valence-electron chi connectivity index (χ3n) is 3.59. The summed E-state index contributed by atoms with van der Waals surface area (Å²) in [5, 5.41) is 14.0. The number of thiocarbonyl (C=S) groups is 1. The van der Waals surface area contributed by atoms with E-state index in [4.69, 9.17) is 23.8 Å². The maximum Gasteiger partial charge on any atom is 0.263 e. The molecule has 0 saturated carbocycles. The van der Waals surface area contributed by atoms with Crippen molar-refractivity contribution in [3.63, 3.8) is 0 Å². The molecule has 0 aliphatic rings. The van der Waals surface area contributed by atoms with Crippen LogP contribution in [-0.4, -0.2) is 23.7 Å². The smallest absolute Gasteiger partial charge is 0.263 e. The highest BCUT2D eigenvalue weighted by atomic mass is 35.5. The Bertz CT molecular complexity index is 1040. The predicted octanol–water partition coefficient (Wildman–Crippen LogP) is 3.42. The van der Waals surface area contributed by atoms with Crippen molar-refractivity contribution in [3.05, 3.63) is 77.4 Å². The Morgan fingerprint density at radius 3 is 2.32 bits per heavy atom. The van der Waals surface area contributed by atoms with Gasteiger partial charge >= 0.3 is 0 Å². The van der Waals surface area contributed by atoms with Crippen LogP contribution < -0.4 is 15.4 Å². The van der Waals surface area contributed by atoms with Gasteiger partial charge in [-0.2, -0.15) is 0 Å². The van der Waals surface area contributed by atoms with Crippen LogP contribution in [0.15, 0.2) is 71.6 Å². The van der Waals surface area contributed by atoms with E-state index in [2.05, 4.69) is 25.6 Å². The van der Waals surface area contributed by atoms with E-state index in [1.807, 2.05) is 30.3 Å². The minimum Gasteiger partial charge on any atom is -0.358 e. The summed E-state index contributed by atoms with van der Waals surface area (Å²) in [5.41, 5.74) is 1.76. The summed E-state index contributed by atoms with van der Waals surface area (Å²) in [6, 6.07) is 18.9. The molecule has 10 heteroatoms. The molecule has 0 radical (unpaired) electrons. The zero-order valence-corrected chi connectivity index (χ0v) is 16.9. The summed E-state index contributed by atoms with van der Waals surface area (Å²) in [6.45, 7) is 0.588. The average molecular weight is 434 g/mol. The molecular weight excluding hydrogens is 418 g/mol. The number of benzene rings is 2. The lowest BCUT2D eigenvalue weighted by Gasteiger charge is -2.11. The second kappa shape index (κ2) is 8.96. The van der Waals surface area contributed by atoms with Gasteiger partial charge in [0.2, 0.25) is 0 Å². The van der Waals surface area contributed by atoms with Gasteiger partial charge in [0.1, 0.15) is 0 Å². The second-order valence-corrected chi connectivity index (χ2v) is 8.14. The molecule has 1 heterocycles. The van der Waals surface area contributed by atoms with Crippen molar-refractivity contribution in [1.82, 2.24) is 15.5 Å². The summed E-state index contributed by atoms with van der Waals surface area (Å²) in [6.07, 6.45) is 0. The summed E-state index contributed by atoms with van der Waals surface area (Å²) >= 11 is 10.9. The van der Waals surface area contributed by atoms with E-state index in [0.717, 1.165) is 5.56 Å². The Morgan fingerprint density at radius 2 is 1.68 bits per heavy atom. The number of rotatable bonds is 6. The molecule has 0 amide bonds. The van der Waals surface area contributed by atoms with Gasteiger partial charge in [-0.15, -0.1) is 10.2 Å². The number of aromatic nitrogens is 2. The molecule has 3 rings (SSSR count). The van der Waals surface area contributed by atoms with E-state index >= 15 is 0 Å². The standard InChI is InChI=1S/C18H16ClN5O2S2/c19-16-10-11-17(23-22-16)24-28(25,26)15-8-6-14(7-9-15)21-18(27)20-12-13-4-2-1-3-5-13/h1-11H,12H2,(H,23,24)(H2,20,21,27). The molecule has 0 unspecified atom stereocenters. The molecule has 0 bridgehead atoms. The molecule has 7 nitrogen and oxygen atoms in total. The number of hydrogen-bond acceptors (Lipinski definition) is 5. The van der Waals surface area contributed by atoms with E-state index in [1.54, 1.807) is 12.1 Å². The fraction of sp³-hybridized carbons (Fsp3) is 0.0556. The largest absolute Gasteiger partial charge is 0.358 e. The fourth-order valence-corrected chi connectivity index (χ4v) is 3.53. The van der Waals surface area contributed by atoms with Crippen LogP contribution in [0.4, 0.5) is 11.5 Å². The SMILES string of the molecule is O=S(=O)(Nc1ccc(Cl)nn1)c1ccc(NC(=S)NCc2ccccc2)cc1. The first kappa shape index (κ1) is 20.0. The topological polar surface area (TPSA) is 96.0 Å². The summed E-state index contributed by atoms with van der Waals surface area (Å²) in [5.74, 6) is 0.0814. The molecule has 0 fully saturated rings. The lowest BCUT2D eigenvalue weighted by atomic mass is 10.2. The number of halogens is 1. The molecule has 0 saturated heterocycles. The first-order valence-electron chi connectivity index (χ1n) is 8.13. The molecule has 0 aliphatic carbocycles. The quantitative estimate of drug-likeness (QED) is 0.512. The van der Waals surface area contributed by atoms with Crippen LogP contribution in [0.5, 0.6) is 0 Å². The lowest BCUT2D eigenvalue weighted by molar-refractivity contribution is 0.601. The fourth-order valence-electron chi connectivity index (χ4n) is 2.24. The molecule has 0 atom stereocenters. The molecule has 2 aromatic carbocycles. The molecule has 3 N–H and O–H groups in total. The van der Waals surface area contributed by atoms with Gasteiger partial charge in [-0.1, -0.05) is 41.9 Å². The lowest BCUT2D eigenvalue weighted by Crippen LogP contribution is -2.27. The molecular formula is C18H16ClN5O2S2. The Kier molecular flexibility index (Phi) is 6.40. The van der Waals surface area contributed by atoms with Crippen LogP contribution in [0, 0.1) is 0 Å². The number of sulfonamides is 1. The third kappa shape index (κ3) is 5.62. The Balaban J connectivity index is 1.59. The van der Waals surface area contributed by atoms with Crippen LogP contribution in [-0.2, 0) is 16.6 Å². The monoisotopic (exact) mass is 433 g/mol. The van der Waals surface area contributed by atoms with Gasteiger partial charge in [0, 0.05) is 12.2 Å². The highest BCUT2D eigenvalue weighted by Gasteiger charge is 2.15. The third-order valence-corrected chi connectivity index (χ3v) is 5.41. The summed E-state index contributed by atoms with van der Waals surface area (Å²) in [4.78, 5) is 0.0814. The molecule has 144 valence electrons. The maximum atomic E-state index is 12.4. The minimum atomic E-state index is -3.79. The van der Waals surface area contributed by atoms with Gasteiger partial charge in [-0.3, -0.25) is 4.72 Å². The molecule has 3 aromatic rings.